The Labute approximate surface area is 183 Å². The molecule has 1 heterocycles. The molecule has 1 amide bonds. The number of nitro benzene ring substituents is 1. The van der Waals surface area contributed by atoms with E-state index in [1.807, 2.05) is 13.8 Å². The molecule has 0 radical (unpaired) electrons. The number of thioether (sulfide) groups is 1. The second-order valence-electron chi connectivity index (χ2n) is 6.30. The van der Waals surface area contributed by atoms with Crippen LogP contribution in [-0.4, -0.2) is 65.2 Å². The van der Waals surface area contributed by atoms with Crippen molar-refractivity contribution in [2.75, 3.05) is 38.0 Å². The van der Waals surface area contributed by atoms with Gasteiger partial charge in [-0.05, 0) is 25.5 Å². The lowest BCUT2D eigenvalue weighted by Gasteiger charge is -2.31. The van der Waals surface area contributed by atoms with E-state index in [9.17, 15) is 14.9 Å². The minimum Gasteiger partial charge on any atom is -0.493 e. The van der Waals surface area contributed by atoms with Crippen LogP contribution >= 0.6 is 27.7 Å². The standard InChI is InChI=1S/C19H27BrN2O6S/c1-4-27-19(29-5-2)14-7-6-9-21(14)18(23)13-11-16(26-3)17(28-10-8-20)12-15(13)22(24)25/h11-12,14,19H,4-10H2,1-3H3. The van der Waals surface area contributed by atoms with E-state index in [0.717, 1.165) is 18.6 Å². The summed E-state index contributed by atoms with van der Waals surface area (Å²) in [7, 11) is 1.44. The van der Waals surface area contributed by atoms with Gasteiger partial charge in [-0.2, -0.15) is 0 Å². The van der Waals surface area contributed by atoms with E-state index in [1.54, 1.807) is 16.7 Å². The molecule has 2 unspecified atom stereocenters. The van der Waals surface area contributed by atoms with E-state index in [2.05, 4.69) is 15.9 Å². The molecule has 2 rings (SSSR count). The fraction of sp³-hybridized carbons (Fsp3) is 0.632. The van der Waals surface area contributed by atoms with Gasteiger partial charge in [-0.1, -0.05) is 22.9 Å². The van der Waals surface area contributed by atoms with Gasteiger partial charge >= 0.3 is 0 Å². The molecule has 0 bridgehead atoms. The summed E-state index contributed by atoms with van der Waals surface area (Å²) in [5.41, 5.74) is -0.442. The molecule has 1 aliphatic heterocycles. The monoisotopic (exact) mass is 490 g/mol. The molecule has 1 aliphatic rings. The predicted octanol–water partition coefficient (Wildman–Crippen LogP) is 4.10. The number of nitro groups is 1. The van der Waals surface area contributed by atoms with Crippen LogP contribution in [0.1, 0.15) is 37.0 Å². The van der Waals surface area contributed by atoms with Crippen LogP contribution in [0.3, 0.4) is 0 Å². The maximum Gasteiger partial charge on any atom is 0.286 e. The lowest BCUT2D eigenvalue weighted by atomic mass is 10.1. The Bertz CT molecular complexity index is 714. The summed E-state index contributed by atoms with van der Waals surface area (Å²) in [6.45, 7) is 5.37. The van der Waals surface area contributed by atoms with E-state index in [-0.39, 0.29) is 34.4 Å². The van der Waals surface area contributed by atoms with Crippen molar-refractivity contribution in [3.05, 3.63) is 27.8 Å². The maximum absolute atomic E-state index is 13.3. The molecule has 0 aromatic heterocycles. The van der Waals surface area contributed by atoms with Crippen molar-refractivity contribution in [3.63, 3.8) is 0 Å². The number of likely N-dealkylation sites (tertiary alicyclic amines) is 1. The third-order valence-electron chi connectivity index (χ3n) is 4.58. The summed E-state index contributed by atoms with van der Waals surface area (Å²) in [5, 5.41) is 12.3. The van der Waals surface area contributed by atoms with E-state index < -0.39 is 4.92 Å². The van der Waals surface area contributed by atoms with Gasteiger partial charge in [0.15, 0.2) is 11.5 Å². The molecule has 1 aromatic carbocycles. The molecule has 1 aromatic rings. The normalized spacial score (nSPS) is 17.2. The van der Waals surface area contributed by atoms with Crippen molar-refractivity contribution in [3.8, 4) is 11.5 Å². The fourth-order valence-electron chi connectivity index (χ4n) is 3.37. The van der Waals surface area contributed by atoms with Gasteiger partial charge in [0.1, 0.15) is 11.0 Å². The highest BCUT2D eigenvalue weighted by Crippen LogP contribution is 2.37. The predicted molar refractivity (Wildman–Crippen MR) is 117 cm³/mol. The van der Waals surface area contributed by atoms with Gasteiger partial charge in [0.2, 0.25) is 0 Å². The third kappa shape index (κ3) is 5.76. The van der Waals surface area contributed by atoms with Crippen molar-refractivity contribution >= 4 is 39.3 Å². The number of methoxy groups -OCH3 is 1. The van der Waals surface area contributed by atoms with E-state index in [4.69, 9.17) is 14.2 Å². The Morgan fingerprint density at radius 1 is 1.41 bits per heavy atom. The van der Waals surface area contributed by atoms with Crippen LogP contribution in [0.25, 0.3) is 0 Å². The largest absolute Gasteiger partial charge is 0.493 e. The van der Waals surface area contributed by atoms with Crippen LogP contribution in [0.15, 0.2) is 12.1 Å². The van der Waals surface area contributed by atoms with Crippen LogP contribution in [0, 0.1) is 10.1 Å². The first-order chi connectivity index (χ1) is 14.0. The second kappa shape index (κ2) is 11.6. The number of nitrogens with zero attached hydrogens (tertiary/aromatic N) is 2. The summed E-state index contributed by atoms with van der Waals surface area (Å²) in [6, 6.07) is 2.55. The average Bonchev–Trinajstić information content (AvgIpc) is 3.20. The van der Waals surface area contributed by atoms with E-state index in [0.29, 0.717) is 30.8 Å². The zero-order chi connectivity index (χ0) is 21.4. The van der Waals surface area contributed by atoms with Crippen LogP contribution < -0.4 is 9.47 Å². The van der Waals surface area contributed by atoms with Crippen LogP contribution in [0.2, 0.25) is 0 Å². The number of halogens is 1. The lowest BCUT2D eigenvalue weighted by molar-refractivity contribution is -0.385. The smallest absolute Gasteiger partial charge is 0.286 e. The molecule has 1 fully saturated rings. The summed E-state index contributed by atoms with van der Waals surface area (Å²) < 4.78 is 16.7. The Balaban J connectivity index is 2.40. The molecular weight excluding hydrogens is 464 g/mol. The summed E-state index contributed by atoms with van der Waals surface area (Å²) in [5.74, 6) is 1.00. The Hall–Kier alpha value is -1.52. The first kappa shape index (κ1) is 23.8. The zero-order valence-corrected chi connectivity index (χ0v) is 19.3. The lowest BCUT2D eigenvalue weighted by Crippen LogP contribution is -2.43. The summed E-state index contributed by atoms with van der Waals surface area (Å²) >= 11 is 4.90. The Kier molecular flexibility index (Phi) is 9.51. The SMILES string of the molecule is CCOC(SCC)C1CCCN1C(=O)c1cc(OC)c(OCCBr)cc1[N+](=O)[O-]. The van der Waals surface area contributed by atoms with Crippen molar-refractivity contribution in [2.45, 2.75) is 38.2 Å². The van der Waals surface area contributed by atoms with Gasteiger partial charge in [0.25, 0.3) is 11.6 Å². The number of carbonyl (C=O) groups is 1. The molecular formula is C19H27BrN2O6S. The van der Waals surface area contributed by atoms with Gasteiger partial charge in [0, 0.05) is 24.5 Å². The number of hydrogen-bond acceptors (Lipinski definition) is 7. The summed E-state index contributed by atoms with van der Waals surface area (Å²) in [6.07, 6.45) is 1.64. The molecule has 0 spiro atoms. The number of benzene rings is 1. The van der Waals surface area contributed by atoms with Crippen molar-refractivity contribution < 1.29 is 23.9 Å². The summed E-state index contributed by atoms with van der Waals surface area (Å²) in [4.78, 5) is 26.2. The minimum absolute atomic E-state index is 0.00156. The maximum atomic E-state index is 13.3. The molecule has 10 heteroatoms. The molecule has 0 saturated carbocycles. The number of hydrogen-bond donors (Lipinski definition) is 0. The first-order valence-electron chi connectivity index (χ1n) is 9.57. The van der Waals surface area contributed by atoms with Crippen molar-refractivity contribution in [2.24, 2.45) is 0 Å². The molecule has 8 nitrogen and oxygen atoms in total. The van der Waals surface area contributed by atoms with Gasteiger partial charge < -0.3 is 19.1 Å². The highest BCUT2D eigenvalue weighted by Gasteiger charge is 2.38. The number of alkyl halides is 1. The van der Waals surface area contributed by atoms with Crippen LogP contribution in [-0.2, 0) is 4.74 Å². The highest BCUT2D eigenvalue weighted by molar-refractivity contribution is 9.09. The molecule has 0 aliphatic carbocycles. The molecule has 1 saturated heterocycles. The van der Waals surface area contributed by atoms with Crippen LogP contribution in [0.5, 0.6) is 11.5 Å². The minimum atomic E-state index is -0.556. The Morgan fingerprint density at radius 2 is 2.17 bits per heavy atom. The molecule has 162 valence electrons. The molecule has 29 heavy (non-hydrogen) atoms. The van der Waals surface area contributed by atoms with Gasteiger partial charge in [-0.25, -0.2) is 0 Å². The third-order valence-corrected chi connectivity index (χ3v) is 6.02. The van der Waals surface area contributed by atoms with Gasteiger partial charge in [0.05, 0.1) is 30.7 Å². The first-order valence-corrected chi connectivity index (χ1v) is 11.7. The number of ether oxygens (including phenoxy) is 3. The van der Waals surface area contributed by atoms with E-state index >= 15 is 0 Å². The molecule has 0 N–H and O–H groups in total. The van der Waals surface area contributed by atoms with Gasteiger partial charge in [-0.3, -0.25) is 14.9 Å². The van der Waals surface area contributed by atoms with Crippen molar-refractivity contribution in [1.29, 1.82) is 0 Å². The zero-order valence-electron chi connectivity index (χ0n) is 16.9. The van der Waals surface area contributed by atoms with Gasteiger partial charge in [-0.15, -0.1) is 11.8 Å². The number of carbonyl (C=O) groups excluding carboxylic acids is 1. The fourth-order valence-corrected chi connectivity index (χ4v) is 4.60. The molecule has 2 atom stereocenters. The van der Waals surface area contributed by atoms with E-state index in [1.165, 1.54) is 19.2 Å². The quantitative estimate of drug-likeness (QED) is 0.199. The number of amides is 1. The highest BCUT2D eigenvalue weighted by atomic mass is 79.9. The topological polar surface area (TPSA) is 91.1 Å². The average molecular weight is 491 g/mol. The number of rotatable bonds is 11. The van der Waals surface area contributed by atoms with Crippen LogP contribution in [0.4, 0.5) is 5.69 Å². The second-order valence-corrected chi connectivity index (χ2v) is 8.47. The van der Waals surface area contributed by atoms with Crippen molar-refractivity contribution in [1.82, 2.24) is 4.90 Å². The Morgan fingerprint density at radius 3 is 2.76 bits per heavy atom.